The molecular formula is C34H48N2Pd. The number of hydrogen-bond acceptors (Lipinski definition) is 0. The molecule has 0 aliphatic carbocycles. The average Bonchev–Trinajstić information content (AvgIpc) is 3.23. The van der Waals surface area contributed by atoms with Crippen LogP contribution in [-0.2, 0) is 33.3 Å². The third-order valence-corrected chi connectivity index (χ3v) is 7.44. The Morgan fingerprint density at radius 1 is 0.595 bits per heavy atom. The van der Waals surface area contributed by atoms with Crippen LogP contribution < -0.4 is 0 Å². The molecule has 2 nitrogen and oxygen atoms in total. The average molecular weight is 591 g/mol. The van der Waals surface area contributed by atoms with E-state index >= 15 is 0 Å². The summed E-state index contributed by atoms with van der Waals surface area (Å²) in [5.74, 6) is 0. The van der Waals surface area contributed by atoms with Crippen LogP contribution >= 0.6 is 0 Å². The van der Waals surface area contributed by atoms with Gasteiger partial charge in [-0.05, 0) is 73.9 Å². The fraction of sp³-hybridized carbons (Fsp3) is 0.529. The van der Waals surface area contributed by atoms with E-state index in [1.807, 2.05) is 0 Å². The van der Waals surface area contributed by atoms with E-state index in [1.165, 1.54) is 92.0 Å². The second-order valence-corrected chi connectivity index (χ2v) is 10.5. The van der Waals surface area contributed by atoms with E-state index in [9.17, 15) is 5.53 Å². The summed E-state index contributed by atoms with van der Waals surface area (Å²) in [5.41, 5.74) is 19.5. The molecule has 0 aromatic heterocycles. The molecule has 204 valence electrons. The van der Waals surface area contributed by atoms with Gasteiger partial charge in [0.15, 0.2) is 0 Å². The van der Waals surface area contributed by atoms with E-state index in [1.54, 1.807) is 0 Å². The molecule has 0 spiro atoms. The molecule has 1 aliphatic rings. The van der Waals surface area contributed by atoms with Crippen molar-refractivity contribution in [1.82, 2.24) is 0 Å². The van der Waals surface area contributed by atoms with Crippen molar-refractivity contribution < 1.29 is 25.1 Å². The van der Waals surface area contributed by atoms with Gasteiger partial charge in [-0.2, -0.15) is 0 Å². The first-order chi connectivity index (χ1) is 17.7. The number of nitrogens with zero attached hydrogens (tertiary/aromatic N) is 2. The van der Waals surface area contributed by atoms with Gasteiger partial charge >= 0.3 is 0 Å². The predicted molar refractivity (Wildman–Crippen MR) is 156 cm³/mol. The van der Waals surface area contributed by atoms with Crippen LogP contribution in [0.2, 0.25) is 0 Å². The van der Waals surface area contributed by atoms with Crippen LogP contribution in [-0.4, -0.2) is 4.70 Å². The minimum Gasteiger partial charge on any atom is -0.493 e. The maximum atomic E-state index is 11.4. The summed E-state index contributed by atoms with van der Waals surface area (Å²) in [4.78, 5) is 0. The Morgan fingerprint density at radius 3 is 1.86 bits per heavy atom. The van der Waals surface area contributed by atoms with Crippen molar-refractivity contribution in [2.75, 3.05) is 0 Å². The van der Waals surface area contributed by atoms with Gasteiger partial charge in [0, 0.05) is 43.2 Å². The topological polar surface area (TPSA) is 25.3 Å². The van der Waals surface area contributed by atoms with Crippen molar-refractivity contribution in [3.63, 3.8) is 0 Å². The van der Waals surface area contributed by atoms with Crippen molar-refractivity contribution >= 4 is 11.4 Å². The molecule has 3 heteroatoms. The molecule has 2 aromatic carbocycles. The molecule has 0 atom stereocenters. The molecule has 0 N–H and O–H groups in total. The van der Waals surface area contributed by atoms with Gasteiger partial charge in [0.05, 0.1) is 0 Å². The zero-order valence-corrected chi connectivity index (χ0v) is 25.1. The number of rotatable bonds is 17. The molecule has 2 aromatic rings. The Morgan fingerprint density at radius 2 is 1.16 bits per heavy atom. The molecular weight excluding hydrogens is 543 g/mol. The molecule has 1 aliphatic heterocycles. The second kappa shape index (κ2) is 17.6. The number of benzene rings is 2. The maximum absolute atomic E-state index is 11.4. The minimum absolute atomic E-state index is 0. The maximum Gasteiger partial charge on any atom is 0.210 e. The fourth-order valence-electron chi connectivity index (χ4n) is 5.22. The van der Waals surface area contributed by atoms with Gasteiger partial charge in [-0.15, -0.1) is 0 Å². The van der Waals surface area contributed by atoms with Crippen LogP contribution in [0.15, 0.2) is 60.2 Å². The monoisotopic (exact) mass is 590 g/mol. The second-order valence-electron chi connectivity index (χ2n) is 10.5. The van der Waals surface area contributed by atoms with Crippen molar-refractivity contribution in [1.29, 1.82) is 0 Å². The Labute approximate surface area is 240 Å². The van der Waals surface area contributed by atoms with Gasteiger partial charge in [0.1, 0.15) is 0 Å². The number of allylic oxidation sites excluding steroid dienone is 2. The van der Waals surface area contributed by atoms with Crippen LogP contribution in [0.25, 0.3) is 16.9 Å². The van der Waals surface area contributed by atoms with Crippen molar-refractivity contribution in [3.05, 3.63) is 88.0 Å². The molecule has 0 saturated carbocycles. The first kappa shape index (κ1) is 31.4. The third kappa shape index (κ3) is 9.77. The molecule has 0 bridgehead atoms. The van der Waals surface area contributed by atoms with Gasteiger partial charge in [-0.1, -0.05) is 103 Å². The van der Waals surface area contributed by atoms with E-state index in [4.69, 9.17) is 0 Å². The van der Waals surface area contributed by atoms with Gasteiger partial charge < -0.3 is 5.53 Å². The van der Waals surface area contributed by atoms with Crippen molar-refractivity contribution in [2.24, 2.45) is 0 Å². The van der Waals surface area contributed by atoms with Gasteiger partial charge in [0.25, 0.3) is 0 Å². The SMILES string of the molecule is CCCCCCCCc1cccc(C2=CC(CCCCC)=C(c3ccc(CCCCC)cc3)[N+]2=[N-])c1.[Pd]. The van der Waals surface area contributed by atoms with Crippen LogP contribution in [0.3, 0.4) is 0 Å². The summed E-state index contributed by atoms with van der Waals surface area (Å²) in [6, 6.07) is 17.7. The Hall–Kier alpha value is -1.82. The standard InChI is InChI=1S/C34H48N2.Pd/c1-4-7-10-11-12-15-18-29-19-16-21-31(26-29)33-27-32(20-14-9-6-3)34(36(33)35)30-24-22-28(23-25-30)17-13-8-5-2;/h16,19,21-27H,4-15,17-18,20H2,1-3H3;. The normalized spacial score (nSPS) is 13.2. The van der Waals surface area contributed by atoms with Gasteiger partial charge in [-0.25, -0.2) is 4.70 Å². The van der Waals surface area contributed by atoms with Crippen molar-refractivity contribution in [2.45, 2.75) is 117 Å². The van der Waals surface area contributed by atoms with Crippen LogP contribution in [0.1, 0.15) is 126 Å². The number of aryl methyl sites for hydroxylation is 2. The number of hydrogen-bond donors (Lipinski definition) is 0. The van der Waals surface area contributed by atoms with E-state index in [0.29, 0.717) is 0 Å². The zero-order valence-electron chi connectivity index (χ0n) is 23.5. The summed E-state index contributed by atoms with van der Waals surface area (Å²) < 4.78 is 1.46. The molecule has 0 saturated heterocycles. The fourth-order valence-corrected chi connectivity index (χ4v) is 5.22. The van der Waals surface area contributed by atoms with Crippen molar-refractivity contribution in [3.8, 4) is 0 Å². The van der Waals surface area contributed by atoms with Crippen LogP contribution in [0.4, 0.5) is 0 Å². The van der Waals surface area contributed by atoms with E-state index in [0.717, 1.165) is 48.2 Å². The largest absolute Gasteiger partial charge is 0.493 e. The summed E-state index contributed by atoms with van der Waals surface area (Å²) >= 11 is 0. The zero-order chi connectivity index (χ0) is 25.6. The summed E-state index contributed by atoms with van der Waals surface area (Å²) in [6.07, 6.45) is 20.7. The molecule has 0 fully saturated rings. The van der Waals surface area contributed by atoms with Gasteiger partial charge in [-0.3, -0.25) is 0 Å². The number of unbranched alkanes of at least 4 members (excludes halogenated alkanes) is 9. The third-order valence-electron chi connectivity index (χ3n) is 7.44. The van der Waals surface area contributed by atoms with Crippen LogP contribution in [0, 0.1) is 0 Å². The molecule has 0 amide bonds. The summed E-state index contributed by atoms with van der Waals surface area (Å²) in [7, 11) is 0. The minimum atomic E-state index is 0. The Bertz CT molecular complexity index is 1020. The smallest absolute Gasteiger partial charge is 0.210 e. The molecule has 1 heterocycles. The Kier molecular flexibility index (Phi) is 15.0. The quantitative estimate of drug-likeness (QED) is 0.0994. The van der Waals surface area contributed by atoms with E-state index in [2.05, 4.69) is 75.4 Å². The first-order valence-electron chi connectivity index (χ1n) is 14.8. The summed E-state index contributed by atoms with van der Waals surface area (Å²) in [6.45, 7) is 6.77. The molecule has 0 unspecified atom stereocenters. The summed E-state index contributed by atoms with van der Waals surface area (Å²) in [5, 5.41) is 0. The molecule has 37 heavy (non-hydrogen) atoms. The predicted octanol–water partition coefficient (Wildman–Crippen LogP) is 10.7. The van der Waals surface area contributed by atoms with E-state index < -0.39 is 0 Å². The molecule has 3 rings (SSSR count). The van der Waals surface area contributed by atoms with E-state index in [-0.39, 0.29) is 20.4 Å². The molecule has 0 radical (unpaired) electrons. The van der Waals surface area contributed by atoms with Gasteiger partial charge in [0.2, 0.25) is 11.4 Å². The first-order valence-corrected chi connectivity index (χ1v) is 14.8. The Balaban J connectivity index is 0.00000481. The van der Waals surface area contributed by atoms with Crippen LogP contribution in [0.5, 0.6) is 0 Å².